The summed E-state index contributed by atoms with van der Waals surface area (Å²) in [6.07, 6.45) is 0. The third-order valence-electron chi connectivity index (χ3n) is 2.28. The molecule has 2 amide bonds. The third-order valence-corrected chi connectivity index (χ3v) is 2.28. The SMILES string of the molecule is O=C1NCC(c2ccc([N+](=O)[O-])cc2)N1. The lowest BCUT2D eigenvalue weighted by atomic mass is 10.1. The first-order valence-electron chi connectivity index (χ1n) is 4.45. The van der Waals surface area contributed by atoms with E-state index in [0.717, 1.165) is 5.56 Å². The van der Waals surface area contributed by atoms with Gasteiger partial charge in [0.25, 0.3) is 5.69 Å². The molecule has 1 unspecified atom stereocenters. The van der Waals surface area contributed by atoms with Crippen LogP contribution < -0.4 is 10.6 Å². The second-order valence-corrected chi connectivity index (χ2v) is 3.26. The molecule has 1 atom stereocenters. The summed E-state index contributed by atoms with van der Waals surface area (Å²) in [7, 11) is 0. The van der Waals surface area contributed by atoms with Crippen LogP contribution in [0, 0.1) is 10.1 Å². The lowest BCUT2D eigenvalue weighted by Crippen LogP contribution is -2.21. The summed E-state index contributed by atoms with van der Waals surface area (Å²) in [5.74, 6) is 0. The van der Waals surface area contributed by atoms with Gasteiger partial charge in [0.15, 0.2) is 0 Å². The second-order valence-electron chi connectivity index (χ2n) is 3.26. The van der Waals surface area contributed by atoms with E-state index < -0.39 is 4.92 Å². The van der Waals surface area contributed by atoms with Gasteiger partial charge in [-0.3, -0.25) is 10.1 Å². The molecule has 1 heterocycles. The van der Waals surface area contributed by atoms with E-state index in [0.29, 0.717) is 6.54 Å². The number of hydrogen-bond acceptors (Lipinski definition) is 3. The Morgan fingerprint density at radius 1 is 1.33 bits per heavy atom. The normalized spacial score (nSPS) is 19.5. The Morgan fingerprint density at radius 3 is 2.47 bits per heavy atom. The topological polar surface area (TPSA) is 84.3 Å². The molecule has 1 aliphatic heterocycles. The molecule has 6 heteroatoms. The zero-order valence-electron chi connectivity index (χ0n) is 7.77. The van der Waals surface area contributed by atoms with Crippen LogP contribution in [0.15, 0.2) is 24.3 Å². The number of carbonyl (C=O) groups excluding carboxylic acids is 1. The van der Waals surface area contributed by atoms with Gasteiger partial charge in [-0.1, -0.05) is 12.1 Å². The lowest BCUT2D eigenvalue weighted by molar-refractivity contribution is -0.384. The lowest BCUT2D eigenvalue weighted by Gasteiger charge is -2.07. The summed E-state index contributed by atoms with van der Waals surface area (Å²) in [6, 6.07) is 5.85. The van der Waals surface area contributed by atoms with Gasteiger partial charge in [-0.2, -0.15) is 0 Å². The Hall–Kier alpha value is -2.11. The van der Waals surface area contributed by atoms with Gasteiger partial charge >= 0.3 is 6.03 Å². The van der Waals surface area contributed by atoms with Gasteiger partial charge in [-0.15, -0.1) is 0 Å². The van der Waals surface area contributed by atoms with E-state index >= 15 is 0 Å². The molecule has 0 aromatic heterocycles. The molecule has 2 N–H and O–H groups in total. The molecule has 1 fully saturated rings. The molecule has 6 nitrogen and oxygen atoms in total. The maximum absolute atomic E-state index is 10.9. The minimum Gasteiger partial charge on any atom is -0.336 e. The summed E-state index contributed by atoms with van der Waals surface area (Å²) in [6.45, 7) is 0.511. The highest BCUT2D eigenvalue weighted by atomic mass is 16.6. The molecular weight excluding hydrogens is 198 g/mol. The number of nitrogens with zero attached hydrogens (tertiary/aromatic N) is 1. The van der Waals surface area contributed by atoms with Crippen molar-refractivity contribution in [3.63, 3.8) is 0 Å². The van der Waals surface area contributed by atoms with Crippen LogP contribution >= 0.6 is 0 Å². The largest absolute Gasteiger partial charge is 0.336 e. The van der Waals surface area contributed by atoms with Crippen molar-refractivity contribution in [3.05, 3.63) is 39.9 Å². The van der Waals surface area contributed by atoms with Crippen LogP contribution in [0.4, 0.5) is 10.5 Å². The molecule has 0 bridgehead atoms. The highest BCUT2D eigenvalue weighted by Gasteiger charge is 2.21. The van der Waals surface area contributed by atoms with Crippen LogP contribution in [0.5, 0.6) is 0 Å². The fraction of sp³-hybridized carbons (Fsp3) is 0.222. The first kappa shape index (κ1) is 9.45. The Bertz CT molecular complexity index is 402. The Morgan fingerprint density at radius 2 is 2.00 bits per heavy atom. The Balaban J connectivity index is 2.17. The van der Waals surface area contributed by atoms with Crippen molar-refractivity contribution in [1.82, 2.24) is 10.6 Å². The number of non-ortho nitro benzene ring substituents is 1. The van der Waals surface area contributed by atoms with E-state index in [1.807, 2.05) is 0 Å². The average Bonchev–Trinajstić information content (AvgIpc) is 2.65. The number of urea groups is 1. The minimum atomic E-state index is -0.449. The van der Waals surface area contributed by atoms with Crippen molar-refractivity contribution in [1.29, 1.82) is 0 Å². The number of amides is 2. The highest BCUT2D eigenvalue weighted by molar-refractivity contribution is 5.76. The van der Waals surface area contributed by atoms with Crippen molar-refractivity contribution >= 4 is 11.7 Å². The number of hydrogen-bond donors (Lipinski definition) is 2. The number of nitrogens with one attached hydrogen (secondary N) is 2. The number of benzene rings is 1. The molecule has 78 valence electrons. The van der Waals surface area contributed by atoms with Crippen LogP contribution in [0.3, 0.4) is 0 Å². The first-order chi connectivity index (χ1) is 7.16. The number of nitro benzene ring substituents is 1. The van der Waals surface area contributed by atoms with Crippen LogP contribution in [0.1, 0.15) is 11.6 Å². The standard InChI is InChI=1S/C9H9N3O3/c13-9-10-5-8(11-9)6-1-3-7(4-2-6)12(14)15/h1-4,8H,5H2,(H2,10,11,13). The molecule has 1 saturated heterocycles. The molecule has 0 radical (unpaired) electrons. The zero-order valence-corrected chi connectivity index (χ0v) is 7.77. The monoisotopic (exact) mass is 207 g/mol. The van der Waals surface area contributed by atoms with Crippen molar-refractivity contribution in [3.8, 4) is 0 Å². The summed E-state index contributed by atoms with van der Waals surface area (Å²) < 4.78 is 0. The maximum Gasteiger partial charge on any atom is 0.315 e. The van der Waals surface area contributed by atoms with Gasteiger partial charge in [0, 0.05) is 18.7 Å². The second kappa shape index (κ2) is 3.56. The van der Waals surface area contributed by atoms with E-state index in [2.05, 4.69) is 10.6 Å². The smallest absolute Gasteiger partial charge is 0.315 e. The fourth-order valence-electron chi connectivity index (χ4n) is 1.48. The van der Waals surface area contributed by atoms with Crippen LogP contribution in [-0.2, 0) is 0 Å². The predicted molar refractivity (Wildman–Crippen MR) is 52.4 cm³/mol. The molecule has 1 aromatic rings. The van der Waals surface area contributed by atoms with Crippen LogP contribution in [-0.4, -0.2) is 17.5 Å². The molecule has 0 saturated carbocycles. The summed E-state index contributed by atoms with van der Waals surface area (Å²) in [5, 5.41) is 15.7. The van der Waals surface area contributed by atoms with Gasteiger partial charge in [-0.05, 0) is 5.56 Å². The molecule has 0 aliphatic carbocycles. The summed E-state index contributed by atoms with van der Waals surface area (Å²) in [5.41, 5.74) is 0.912. The third kappa shape index (κ3) is 1.88. The molecule has 2 rings (SSSR count). The van der Waals surface area contributed by atoms with E-state index in [-0.39, 0.29) is 17.8 Å². The van der Waals surface area contributed by atoms with Crippen LogP contribution in [0.25, 0.3) is 0 Å². The quantitative estimate of drug-likeness (QED) is 0.559. The number of carbonyl (C=O) groups is 1. The molecular formula is C9H9N3O3. The fourth-order valence-corrected chi connectivity index (χ4v) is 1.48. The highest BCUT2D eigenvalue weighted by Crippen LogP contribution is 2.18. The number of nitro groups is 1. The summed E-state index contributed by atoms with van der Waals surface area (Å²) >= 11 is 0. The average molecular weight is 207 g/mol. The van der Waals surface area contributed by atoms with Gasteiger partial charge < -0.3 is 10.6 Å². The van der Waals surface area contributed by atoms with Crippen molar-refractivity contribution < 1.29 is 9.72 Å². The van der Waals surface area contributed by atoms with E-state index in [4.69, 9.17) is 0 Å². The van der Waals surface area contributed by atoms with Crippen molar-refractivity contribution in [2.45, 2.75) is 6.04 Å². The molecule has 0 spiro atoms. The van der Waals surface area contributed by atoms with Crippen molar-refractivity contribution in [2.75, 3.05) is 6.54 Å². The first-order valence-corrected chi connectivity index (χ1v) is 4.45. The van der Waals surface area contributed by atoms with E-state index in [9.17, 15) is 14.9 Å². The summed E-state index contributed by atoms with van der Waals surface area (Å²) in [4.78, 5) is 20.8. The Kier molecular flexibility index (Phi) is 2.24. The molecule has 1 aromatic carbocycles. The predicted octanol–water partition coefficient (Wildman–Crippen LogP) is 0.949. The van der Waals surface area contributed by atoms with Gasteiger partial charge in [0.05, 0.1) is 11.0 Å². The Labute approximate surface area is 85.4 Å². The minimum absolute atomic E-state index is 0.0519. The molecule has 1 aliphatic rings. The van der Waals surface area contributed by atoms with Crippen LogP contribution in [0.2, 0.25) is 0 Å². The van der Waals surface area contributed by atoms with Gasteiger partial charge in [0.2, 0.25) is 0 Å². The maximum atomic E-state index is 10.9. The van der Waals surface area contributed by atoms with Crippen molar-refractivity contribution in [2.24, 2.45) is 0 Å². The van der Waals surface area contributed by atoms with Gasteiger partial charge in [-0.25, -0.2) is 4.79 Å². The van der Waals surface area contributed by atoms with E-state index in [1.165, 1.54) is 12.1 Å². The van der Waals surface area contributed by atoms with E-state index in [1.54, 1.807) is 12.1 Å². The van der Waals surface area contributed by atoms with Gasteiger partial charge in [0.1, 0.15) is 0 Å². The molecule has 15 heavy (non-hydrogen) atoms. The zero-order chi connectivity index (χ0) is 10.8. The number of rotatable bonds is 2.